The maximum Gasteiger partial charge on any atom is 0.159 e. The van der Waals surface area contributed by atoms with Crippen LogP contribution in [0, 0.1) is 24.2 Å². The van der Waals surface area contributed by atoms with Crippen molar-refractivity contribution in [3.8, 4) is 24.2 Å². The van der Waals surface area contributed by atoms with Crippen molar-refractivity contribution < 1.29 is 9.47 Å². The molecule has 0 aliphatic carbocycles. The van der Waals surface area contributed by atoms with Gasteiger partial charge >= 0.3 is 0 Å². The molecule has 2 atom stereocenters. The molecule has 1 saturated heterocycles. The third kappa shape index (κ3) is 5.21. The molecular formula is C14H20O2. The summed E-state index contributed by atoms with van der Waals surface area (Å²) >= 11 is 0. The fourth-order valence-corrected chi connectivity index (χ4v) is 1.55. The molecule has 0 amide bonds. The molecule has 2 heteroatoms. The van der Waals surface area contributed by atoms with Gasteiger partial charge in [0.1, 0.15) is 6.10 Å². The van der Waals surface area contributed by atoms with Crippen LogP contribution in [0.15, 0.2) is 0 Å². The van der Waals surface area contributed by atoms with Gasteiger partial charge in [0.05, 0.1) is 0 Å². The number of hydrogen-bond donors (Lipinski definition) is 0. The van der Waals surface area contributed by atoms with Crippen molar-refractivity contribution in [2.45, 2.75) is 57.8 Å². The number of rotatable bonds is 4. The molecule has 0 aromatic carbocycles. The smallest absolute Gasteiger partial charge is 0.159 e. The van der Waals surface area contributed by atoms with E-state index >= 15 is 0 Å². The van der Waals surface area contributed by atoms with Gasteiger partial charge in [-0.2, -0.15) is 0 Å². The van der Waals surface area contributed by atoms with Crippen molar-refractivity contribution >= 4 is 0 Å². The van der Waals surface area contributed by atoms with Crippen LogP contribution in [-0.2, 0) is 9.47 Å². The zero-order valence-electron chi connectivity index (χ0n) is 10.00. The highest BCUT2D eigenvalue weighted by Crippen LogP contribution is 2.16. The van der Waals surface area contributed by atoms with E-state index in [0.29, 0.717) is 6.42 Å². The summed E-state index contributed by atoms with van der Waals surface area (Å²) in [6.07, 6.45) is 10.8. The number of unbranched alkanes of at least 4 members (excludes halogenated alkanes) is 1. The first-order valence-corrected chi connectivity index (χ1v) is 6.05. The Kier molecular flexibility index (Phi) is 6.74. The van der Waals surface area contributed by atoms with E-state index < -0.39 is 0 Å². The SMILES string of the molecule is C#CCCC#CC(CC)OC1CCCCO1. The summed E-state index contributed by atoms with van der Waals surface area (Å²) in [6, 6.07) is 0. The lowest BCUT2D eigenvalue weighted by Crippen LogP contribution is -2.26. The van der Waals surface area contributed by atoms with Crippen LogP contribution in [0.25, 0.3) is 0 Å². The van der Waals surface area contributed by atoms with Crippen LogP contribution in [0.3, 0.4) is 0 Å². The predicted octanol–water partition coefficient (Wildman–Crippen LogP) is 2.73. The maximum absolute atomic E-state index is 5.77. The Morgan fingerprint density at radius 1 is 1.44 bits per heavy atom. The molecule has 88 valence electrons. The van der Waals surface area contributed by atoms with E-state index in [0.717, 1.165) is 32.3 Å². The summed E-state index contributed by atoms with van der Waals surface area (Å²) in [5.41, 5.74) is 0. The van der Waals surface area contributed by atoms with Crippen molar-refractivity contribution in [3.05, 3.63) is 0 Å². The molecule has 16 heavy (non-hydrogen) atoms. The minimum Gasteiger partial charge on any atom is -0.353 e. The molecule has 1 rings (SSSR count). The van der Waals surface area contributed by atoms with E-state index in [4.69, 9.17) is 15.9 Å². The van der Waals surface area contributed by atoms with Gasteiger partial charge in [0, 0.05) is 19.4 Å². The van der Waals surface area contributed by atoms with Gasteiger partial charge in [0.2, 0.25) is 0 Å². The van der Waals surface area contributed by atoms with Crippen LogP contribution in [0.4, 0.5) is 0 Å². The van der Waals surface area contributed by atoms with Crippen molar-refractivity contribution in [1.29, 1.82) is 0 Å². The average Bonchev–Trinajstić information content (AvgIpc) is 2.34. The quantitative estimate of drug-likeness (QED) is 0.536. The van der Waals surface area contributed by atoms with Crippen molar-refractivity contribution in [2.75, 3.05) is 6.61 Å². The van der Waals surface area contributed by atoms with E-state index in [1.807, 2.05) is 0 Å². The highest BCUT2D eigenvalue weighted by atomic mass is 16.7. The molecule has 1 fully saturated rings. The largest absolute Gasteiger partial charge is 0.353 e. The second-order valence-electron chi connectivity index (χ2n) is 3.85. The molecule has 0 spiro atoms. The Morgan fingerprint density at radius 2 is 2.31 bits per heavy atom. The summed E-state index contributed by atoms with van der Waals surface area (Å²) in [5.74, 6) is 8.73. The Hall–Kier alpha value is -0.960. The van der Waals surface area contributed by atoms with E-state index in [2.05, 4.69) is 24.7 Å². The van der Waals surface area contributed by atoms with Gasteiger partial charge in [-0.15, -0.1) is 12.3 Å². The fourth-order valence-electron chi connectivity index (χ4n) is 1.55. The first kappa shape index (κ1) is 13.1. The molecule has 2 nitrogen and oxygen atoms in total. The standard InChI is InChI=1S/C14H20O2/c1-3-5-6-7-10-13(4-2)16-14-11-8-9-12-15-14/h1,13-14H,4-6,8-9,11-12H2,2H3. The molecule has 0 bridgehead atoms. The van der Waals surface area contributed by atoms with Gasteiger partial charge in [-0.1, -0.05) is 18.8 Å². The fraction of sp³-hybridized carbons (Fsp3) is 0.714. The topological polar surface area (TPSA) is 18.5 Å². The summed E-state index contributed by atoms with van der Waals surface area (Å²) < 4.78 is 11.3. The van der Waals surface area contributed by atoms with Gasteiger partial charge in [-0.3, -0.25) is 0 Å². The summed E-state index contributed by atoms with van der Waals surface area (Å²) in [5, 5.41) is 0. The van der Waals surface area contributed by atoms with E-state index in [9.17, 15) is 0 Å². The van der Waals surface area contributed by atoms with Crippen LogP contribution in [0.1, 0.15) is 45.4 Å². The lowest BCUT2D eigenvalue weighted by molar-refractivity contribution is -0.176. The van der Waals surface area contributed by atoms with Crippen molar-refractivity contribution in [2.24, 2.45) is 0 Å². The van der Waals surface area contributed by atoms with Crippen LogP contribution < -0.4 is 0 Å². The highest BCUT2D eigenvalue weighted by Gasteiger charge is 2.17. The van der Waals surface area contributed by atoms with Gasteiger partial charge < -0.3 is 9.47 Å². The zero-order chi connectivity index (χ0) is 11.6. The summed E-state index contributed by atoms with van der Waals surface area (Å²) in [7, 11) is 0. The van der Waals surface area contributed by atoms with Crippen LogP contribution in [0.5, 0.6) is 0 Å². The van der Waals surface area contributed by atoms with E-state index in [1.165, 1.54) is 6.42 Å². The van der Waals surface area contributed by atoms with Gasteiger partial charge in [0.15, 0.2) is 6.29 Å². The first-order valence-electron chi connectivity index (χ1n) is 6.05. The molecule has 0 saturated carbocycles. The molecule has 0 aromatic rings. The molecule has 0 radical (unpaired) electrons. The minimum atomic E-state index is -0.0550. The zero-order valence-corrected chi connectivity index (χ0v) is 10.00. The number of ether oxygens (including phenoxy) is 2. The molecule has 1 aliphatic heterocycles. The Labute approximate surface area is 98.7 Å². The number of hydrogen-bond acceptors (Lipinski definition) is 2. The second-order valence-corrected chi connectivity index (χ2v) is 3.85. The molecule has 1 aliphatic rings. The van der Waals surface area contributed by atoms with Crippen molar-refractivity contribution in [3.63, 3.8) is 0 Å². The third-order valence-corrected chi connectivity index (χ3v) is 2.48. The van der Waals surface area contributed by atoms with Gasteiger partial charge in [-0.05, 0) is 25.7 Å². The summed E-state index contributed by atoms with van der Waals surface area (Å²) in [6.45, 7) is 2.88. The second kappa shape index (κ2) is 8.22. The van der Waals surface area contributed by atoms with Gasteiger partial charge in [0.25, 0.3) is 0 Å². The van der Waals surface area contributed by atoms with Gasteiger partial charge in [-0.25, -0.2) is 0 Å². The molecule has 2 unspecified atom stereocenters. The number of terminal acetylenes is 1. The average molecular weight is 220 g/mol. The molecule has 0 aromatic heterocycles. The molecule has 0 N–H and O–H groups in total. The Balaban J connectivity index is 2.29. The summed E-state index contributed by atoms with van der Waals surface area (Å²) in [4.78, 5) is 0. The highest BCUT2D eigenvalue weighted by molar-refractivity contribution is 5.06. The molecule has 1 heterocycles. The van der Waals surface area contributed by atoms with Crippen LogP contribution in [0.2, 0.25) is 0 Å². The Morgan fingerprint density at radius 3 is 2.94 bits per heavy atom. The maximum atomic E-state index is 5.77. The first-order chi connectivity index (χ1) is 7.86. The van der Waals surface area contributed by atoms with Crippen LogP contribution in [-0.4, -0.2) is 19.0 Å². The van der Waals surface area contributed by atoms with Crippen LogP contribution >= 0.6 is 0 Å². The monoisotopic (exact) mass is 220 g/mol. The normalized spacial score (nSPS) is 21.6. The predicted molar refractivity (Wildman–Crippen MR) is 64.6 cm³/mol. The van der Waals surface area contributed by atoms with Crippen molar-refractivity contribution in [1.82, 2.24) is 0 Å². The lowest BCUT2D eigenvalue weighted by atomic mass is 10.2. The van der Waals surface area contributed by atoms with E-state index in [1.54, 1.807) is 0 Å². The third-order valence-electron chi connectivity index (χ3n) is 2.48. The minimum absolute atomic E-state index is 0.0131. The van der Waals surface area contributed by atoms with E-state index in [-0.39, 0.29) is 12.4 Å². The molecular weight excluding hydrogens is 200 g/mol. The Bertz CT molecular complexity index is 273. The lowest BCUT2D eigenvalue weighted by Gasteiger charge is -2.25.